The maximum Gasteiger partial charge on any atom is 0.0208 e. The van der Waals surface area contributed by atoms with Crippen LogP contribution in [-0.4, -0.2) is 50.1 Å². The summed E-state index contributed by atoms with van der Waals surface area (Å²) in [5, 5.41) is 3.40. The molecular formula is C14H22N2S2. The van der Waals surface area contributed by atoms with Crippen LogP contribution in [0.5, 0.6) is 0 Å². The van der Waals surface area contributed by atoms with Crippen LogP contribution in [-0.2, 0) is 6.42 Å². The standard InChI is InChI=1S/C14H22N2S2/c1-17-13-4-3-12(11-14(13)18-2)5-8-16-9-6-15-7-10-16/h3-4,11,15H,5-10H2,1-2H3. The molecule has 0 atom stereocenters. The van der Waals surface area contributed by atoms with Crippen LogP contribution in [0.3, 0.4) is 0 Å². The van der Waals surface area contributed by atoms with Crippen LogP contribution < -0.4 is 5.32 Å². The zero-order chi connectivity index (χ0) is 12.8. The molecule has 1 fully saturated rings. The second kappa shape index (κ2) is 7.43. The zero-order valence-corrected chi connectivity index (χ0v) is 12.9. The number of benzene rings is 1. The third-order valence-corrected chi connectivity index (χ3v) is 5.08. The van der Waals surface area contributed by atoms with Gasteiger partial charge in [-0.15, -0.1) is 23.5 Å². The maximum absolute atomic E-state index is 3.40. The lowest BCUT2D eigenvalue weighted by molar-refractivity contribution is 0.244. The van der Waals surface area contributed by atoms with Crippen molar-refractivity contribution in [3.8, 4) is 0 Å². The van der Waals surface area contributed by atoms with E-state index in [2.05, 4.69) is 40.9 Å². The molecule has 0 radical (unpaired) electrons. The number of thioether (sulfide) groups is 2. The Morgan fingerprint density at radius 1 is 1.11 bits per heavy atom. The summed E-state index contributed by atoms with van der Waals surface area (Å²) in [6.07, 6.45) is 5.48. The molecular weight excluding hydrogens is 260 g/mol. The average Bonchev–Trinajstić information content (AvgIpc) is 2.45. The van der Waals surface area contributed by atoms with Crippen molar-refractivity contribution < 1.29 is 0 Å². The molecule has 4 heteroatoms. The summed E-state index contributed by atoms with van der Waals surface area (Å²) >= 11 is 3.69. The first-order chi connectivity index (χ1) is 8.83. The fraction of sp³-hybridized carbons (Fsp3) is 0.571. The molecule has 1 aliphatic rings. The SMILES string of the molecule is CSc1ccc(CCN2CCNCC2)cc1SC. The van der Waals surface area contributed by atoms with Crippen molar-refractivity contribution in [1.29, 1.82) is 0 Å². The second-order valence-corrected chi connectivity index (χ2v) is 6.23. The van der Waals surface area contributed by atoms with Gasteiger partial charge < -0.3 is 10.2 Å². The molecule has 0 saturated carbocycles. The maximum atomic E-state index is 3.40. The van der Waals surface area contributed by atoms with Gasteiger partial charge in [0.15, 0.2) is 0 Å². The lowest BCUT2D eigenvalue weighted by Crippen LogP contribution is -2.44. The van der Waals surface area contributed by atoms with Crippen LogP contribution in [0.1, 0.15) is 5.56 Å². The molecule has 1 aromatic carbocycles. The zero-order valence-electron chi connectivity index (χ0n) is 11.2. The molecule has 2 nitrogen and oxygen atoms in total. The van der Waals surface area contributed by atoms with Crippen molar-refractivity contribution >= 4 is 23.5 Å². The minimum atomic E-state index is 1.14. The van der Waals surface area contributed by atoms with Gasteiger partial charge >= 0.3 is 0 Å². The first-order valence-corrected chi connectivity index (χ1v) is 8.92. The molecule has 2 rings (SSSR count). The van der Waals surface area contributed by atoms with Crippen molar-refractivity contribution in [2.75, 3.05) is 45.2 Å². The highest BCUT2D eigenvalue weighted by Gasteiger charge is 2.09. The first kappa shape index (κ1) is 14.3. The predicted molar refractivity (Wildman–Crippen MR) is 83.0 cm³/mol. The Labute approximate surface area is 119 Å². The van der Waals surface area contributed by atoms with Gasteiger partial charge in [-0.05, 0) is 36.6 Å². The number of piperazine rings is 1. The molecule has 1 heterocycles. The lowest BCUT2D eigenvalue weighted by atomic mass is 10.1. The van der Waals surface area contributed by atoms with Gasteiger partial charge in [-0.3, -0.25) is 0 Å². The van der Waals surface area contributed by atoms with Gasteiger partial charge in [0.05, 0.1) is 0 Å². The van der Waals surface area contributed by atoms with E-state index < -0.39 is 0 Å². The molecule has 1 saturated heterocycles. The highest BCUT2D eigenvalue weighted by atomic mass is 32.2. The van der Waals surface area contributed by atoms with Gasteiger partial charge in [-0.2, -0.15) is 0 Å². The normalized spacial score (nSPS) is 17.0. The molecule has 0 unspecified atom stereocenters. The Bertz CT molecular complexity index is 376. The first-order valence-electron chi connectivity index (χ1n) is 6.47. The summed E-state index contributed by atoms with van der Waals surface area (Å²) in [4.78, 5) is 5.37. The third-order valence-electron chi connectivity index (χ3n) is 3.37. The number of hydrogen-bond donors (Lipinski definition) is 1. The van der Waals surface area contributed by atoms with Crippen molar-refractivity contribution in [3.63, 3.8) is 0 Å². The Balaban J connectivity index is 1.92. The molecule has 1 aromatic rings. The molecule has 0 aromatic heterocycles. The van der Waals surface area contributed by atoms with Gasteiger partial charge in [-0.25, -0.2) is 0 Å². The number of hydrogen-bond acceptors (Lipinski definition) is 4. The van der Waals surface area contributed by atoms with Crippen LogP contribution in [0.15, 0.2) is 28.0 Å². The summed E-state index contributed by atoms with van der Waals surface area (Å²) in [7, 11) is 0. The Morgan fingerprint density at radius 2 is 1.83 bits per heavy atom. The quantitative estimate of drug-likeness (QED) is 0.835. The van der Waals surface area contributed by atoms with E-state index in [1.807, 2.05) is 23.5 Å². The van der Waals surface area contributed by atoms with Gasteiger partial charge in [0, 0.05) is 42.5 Å². The molecule has 1 N–H and O–H groups in total. The van der Waals surface area contributed by atoms with Crippen LogP contribution in [0.25, 0.3) is 0 Å². The predicted octanol–water partition coefficient (Wildman–Crippen LogP) is 2.58. The van der Waals surface area contributed by atoms with E-state index >= 15 is 0 Å². The van der Waals surface area contributed by atoms with Crippen LogP contribution >= 0.6 is 23.5 Å². The topological polar surface area (TPSA) is 15.3 Å². The smallest absolute Gasteiger partial charge is 0.0208 e. The molecule has 1 aliphatic heterocycles. The van der Waals surface area contributed by atoms with E-state index in [0.29, 0.717) is 0 Å². The van der Waals surface area contributed by atoms with Crippen molar-refractivity contribution in [1.82, 2.24) is 10.2 Å². The van der Waals surface area contributed by atoms with E-state index in [-0.39, 0.29) is 0 Å². The summed E-state index contributed by atoms with van der Waals surface area (Å²) in [5.74, 6) is 0. The minimum Gasteiger partial charge on any atom is -0.314 e. The van der Waals surface area contributed by atoms with Crippen LogP contribution in [0, 0.1) is 0 Å². The molecule has 18 heavy (non-hydrogen) atoms. The van der Waals surface area contributed by atoms with Gasteiger partial charge in [0.2, 0.25) is 0 Å². The van der Waals surface area contributed by atoms with Gasteiger partial charge in [-0.1, -0.05) is 6.07 Å². The highest BCUT2D eigenvalue weighted by Crippen LogP contribution is 2.29. The number of nitrogens with zero attached hydrogens (tertiary/aromatic N) is 1. The molecule has 0 amide bonds. The Morgan fingerprint density at radius 3 is 2.50 bits per heavy atom. The van der Waals surface area contributed by atoms with Crippen molar-refractivity contribution in [2.24, 2.45) is 0 Å². The monoisotopic (exact) mass is 282 g/mol. The summed E-state index contributed by atoms with van der Waals surface area (Å²) < 4.78 is 0. The summed E-state index contributed by atoms with van der Waals surface area (Å²) in [6.45, 7) is 5.85. The van der Waals surface area contributed by atoms with E-state index in [9.17, 15) is 0 Å². The fourth-order valence-corrected chi connectivity index (χ4v) is 3.76. The summed E-state index contributed by atoms with van der Waals surface area (Å²) in [6, 6.07) is 6.91. The van der Waals surface area contributed by atoms with Gasteiger partial charge in [0.1, 0.15) is 0 Å². The largest absolute Gasteiger partial charge is 0.314 e. The van der Waals surface area contributed by atoms with E-state index in [0.717, 1.165) is 13.1 Å². The molecule has 0 spiro atoms. The Kier molecular flexibility index (Phi) is 5.89. The van der Waals surface area contributed by atoms with E-state index in [1.54, 1.807) is 0 Å². The van der Waals surface area contributed by atoms with Crippen LogP contribution in [0.4, 0.5) is 0 Å². The molecule has 0 aliphatic carbocycles. The number of nitrogens with one attached hydrogen (secondary N) is 1. The third kappa shape index (κ3) is 3.92. The van der Waals surface area contributed by atoms with Gasteiger partial charge in [0.25, 0.3) is 0 Å². The van der Waals surface area contributed by atoms with E-state index in [1.165, 1.54) is 41.4 Å². The average molecular weight is 282 g/mol. The fourth-order valence-electron chi connectivity index (χ4n) is 2.26. The van der Waals surface area contributed by atoms with Crippen LogP contribution in [0.2, 0.25) is 0 Å². The Hall–Kier alpha value is -0.160. The lowest BCUT2D eigenvalue weighted by Gasteiger charge is -2.27. The summed E-state index contributed by atoms with van der Waals surface area (Å²) in [5.41, 5.74) is 1.47. The molecule has 100 valence electrons. The van der Waals surface area contributed by atoms with Crippen molar-refractivity contribution in [2.45, 2.75) is 16.2 Å². The van der Waals surface area contributed by atoms with E-state index in [4.69, 9.17) is 0 Å². The molecule has 0 bridgehead atoms. The second-order valence-electron chi connectivity index (χ2n) is 4.53. The minimum absolute atomic E-state index is 1.14. The highest BCUT2D eigenvalue weighted by molar-refractivity contribution is 8.01. The number of rotatable bonds is 5. The van der Waals surface area contributed by atoms with Crippen molar-refractivity contribution in [3.05, 3.63) is 23.8 Å².